The van der Waals surface area contributed by atoms with Crippen molar-refractivity contribution < 1.29 is 9.53 Å². The number of hydrogen-bond donors (Lipinski definition) is 1. The Labute approximate surface area is 148 Å². The minimum atomic E-state index is 0.158. The van der Waals surface area contributed by atoms with E-state index in [0.29, 0.717) is 13.0 Å². The zero-order valence-corrected chi connectivity index (χ0v) is 14.9. The minimum absolute atomic E-state index is 0.158. The molecule has 3 rings (SSSR count). The van der Waals surface area contributed by atoms with Gasteiger partial charge in [-0.2, -0.15) is 5.10 Å². The van der Waals surface area contributed by atoms with Gasteiger partial charge < -0.3 is 9.64 Å². The molecule has 6 heteroatoms. The van der Waals surface area contributed by atoms with Crippen LogP contribution in [0.5, 0.6) is 5.75 Å². The van der Waals surface area contributed by atoms with Crippen molar-refractivity contribution in [3.8, 4) is 5.75 Å². The van der Waals surface area contributed by atoms with E-state index in [0.717, 1.165) is 37.6 Å². The molecule has 1 amide bonds. The van der Waals surface area contributed by atoms with Crippen molar-refractivity contribution in [2.45, 2.75) is 32.9 Å². The number of rotatable bonds is 6. The lowest BCUT2D eigenvalue weighted by molar-refractivity contribution is -0.135. The number of carbonyl (C=O) groups excluding carboxylic acids is 1. The van der Waals surface area contributed by atoms with Gasteiger partial charge in [0.1, 0.15) is 5.75 Å². The number of nitrogens with one attached hydrogen (secondary N) is 1. The highest BCUT2D eigenvalue weighted by atomic mass is 16.5. The average molecular weight is 342 g/mol. The zero-order chi connectivity index (χ0) is 17.6. The Morgan fingerprint density at radius 1 is 1.32 bits per heavy atom. The van der Waals surface area contributed by atoms with Crippen molar-refractivity contribution in [2.24, 2.45) is 0 Å². The molecule has 0 saturated carbocycles. The van der Waals surface area contributed by atoms with Crippen LogP contribution in [0.15, 0.2) is 36.5 Å². The molecule has 1 unspecified atom stereocenters. The Bertz CT molecular complexity index is 686. The van der Waals surface area contributed by atoms with Gasteiger partial charge in [-0.25, -0.2) is 0 Å². The normalized spacial score (nSPS) is 18.3. The smallest absolute Gasteiger partial charge is 0.228 e. The van der Waals surface area contributed by atoms with E-state index >= 15 is 0 Å². The minimum Gasteiger partial charge on any atom is -0.494 e. The summed E-state index contributed by atoms with van der Waals surface area (Å²) in [7, 11) is 0. The number of hydrogen-bond acceptors (Lipinski definition) is 4. The van der Waals surface area contributed by atoms with Crippen LogP contribution in [-0.4, -0.2) is 58.2 Å². The molecule has 1 N–H and O–H groups in total. The molecule has 2 heterocycles. The van der Waals surface area contributed by atoms with Gasteiger partial charge in [-0.1, -0.05) is 18.2 Å². The summed E-state index contributed by atoms with van der Waals surface area (Å²) in [5.41, 5.74) is 2.07. The first kappa shape index (κ1) is 17.5. The number of aromatic amines is 1. The number of benzene rings is 1. The standard InChI is InChI=1S/C19H26N4O2/c1-3-25-18-7-5-4-6-16(18)14-22-10-11-23(15(2)13-22)19(24)12-17-8-9-20-21-17/h4-9,15H,3,10-14H2,1-2H3,(H,20,21). The van der Waals surface area contributed by atoms with Crippen molar-refractivity contribution in [1.29, 1.82) is 0 Å². The summed E-state index contributed by atoms with van der Waals surface area (Å²) in [6, 6.07) is 10.2. The zero-order valence-electron chi connectivity index (χ0n) is 14.9. The SMILES string of the molecule is CCOc1ccccc1CN1CCN(C(=O)Cc2ccn[nH]2)C(C)C1. The highest BCUT2D eigenvalue weighted by Gasteiger charge is 2.27. The van der Waals surface area contributed by atoms with E-state index in [4.69, 9.17) is 4.74 Å². The van der Waals surface area contributed by atoms with E-state index in [1.807, 2.05) is 36.1 Å². The Balaban J connectivity index is 1.57. The predicted molar refractivity (Wildman–Crippen MR) is 96.4 cm³/mol. The summed E-state index contributed by atoms with van der Waals surface area (Å²) >= 11 is 0. The molecule has 134 valence electrons. The molecule has 1 aromatic carbocycles. The first-order chi connectivity index (χ1) is 12.2. The molecule has 1 saturated heterocycles. The second-order valence-electron chi connectivity index (χ2n) is 6.47. The fourth-order valence-electron chi connectivity index (χ4n) is 3.37. The van der Waals surface area contributed by atoms with Gasteiger partial charge in [-0.15, -0.1) is 0 Å². The molecule has 1 aliphatic heterocycles. The molecule has 1 fully saturated rings. The molecular weight excluding hydrogens is 316 g/mol. The van der Waals surface area contributed by atoms with Crippen molar-refractivity contribution in [2.75, 3.05) is 26.2 Å². The summed E-state index contributed by atoms with van der Waals surface area (Å²) in [4.78, 5) is 16.9. The van der Waals surface area contributed by atoms with Crippen molar-refractivity contribution in [1.82, 2.24) is 20.0 Å². The van der Waals surface area contributed by atoms with Crippen LogP contribution in [0.25, 0.3) is 0 Å². The van der Waals surface area contributed by atoms with Crippen molar-refractivity contribution >= 4 is 5.91 Å². The van der Waals surface area contributed by atoms with E-state index in [2.05, 4.69) is 28.1 Å². The van der Waals surface area contributed by atoms with E-state index in [9.17, 15) is 4.79 Å². The Hall–Kier alpha value is -2.34. The Kier molecular flexibility index (Phi) is 5.71. The third-order valence-electron chi connectivity index (χ3n) is 4.60. The van der Waals surface area contributed by atoms with Gasteiger partial charge in [0.15, 0.2) is 0 Å². The number of H-pyrrole nitrogens is 1. The third-order valence-corrected chi connectivity index (χ3v) is 4.60. The number of piperazine rings is 1. The maximum absolute atomic E-state index is 12.5. The van der Waals surface area contributed by atoms with Gasteiger partial charge in [0.05, 0.1) is 13.0 Å². The molecule has 0 radical (unpaired) electrons. The summed E-state index contributed by atoms with van der Waals surface area (Å²) in [5, 5.41) is 6.77. The van der Waals surface area contributed by atoms with Gasteiger partial charge in [0, 0.05) is 49.7 Å². The van der Waals surface area contributed by atoms with Gasteiger partial charge >= 0.3 is 0 Å². The molecule has 0 spiro atoms. The maximum atomic E-state index is 12.5. The monoisotopic (exact) mass is 342 g/mol. The topological polar surface area (TPSA) is 61.5 Å². The number of aromatic nitrogens is 2. The first-order valence-electron chi connectivity index (χ1n) is 8.88. The average Bonchev–Trinajstić information content (AvgIpc) is 3.10. The summed E-state index contributed by atoms with van der Waals surface area (Å²) < 4.78 is 5.72. The van der Waals surface area contributed by atoms with E-state index < -0.39 is 0 Å². The highest BCUT2D eigenvalue weighted by molar-refractivity contribution is 5.78. The van der Waals surface area contributed by atoms with Crippen LogP contribution in [-0.2, 0) is 17.8 Å². The van der Waals surface area contributed by atoms with Crippen molar-refractivity contribution in [3.05, 3.63) is 47.8 Å². The lowest BCUT2D eigenvalue weighted by Gasteiger charge is -2.40. The predicted octanol–water partition coefficient (Wildman–Crippen LogP) is 2.08. The van der Waals surface area contributed by atoms with Crippen LogP contribution in [0, 0.1) is 0 Å². The van der Waals surface area contributed by atoms with Crippen LogP contribution in [0.2, 0.25) is 0 Å². The summed E-state index contributed by atoms with van der Waals surface area (Å²) in [5.74, 6) is 1.11. The van der Waals surface area contributed by atoms with E-state index in [1.165, 1.54) is 5.56 Å². The summed E-state index contributed by atoms with van der Waals surface area (Å²) in [6.45, 7) is 8.14. The molecule has 2 aromatic rings. The third kappa shape index (κ3) is 4.39. The van der Waals surface area contributed by atoms with Crippen LogP contribution in [0.4, 0.5) is 0 Å². The fraction of sp³-hybridized carbons (Fsp3) is 0.474. The van der Waals surface area contributed by atoms with Gasteiger partial charge in [0.2, 0.25) is 5.91 Å². The number of nitrogens with zero attached hydrogens (tertiary/aromatic N) is 3. The van der Waals surface area contributed by atoms with Crippen LogP contribution < -0.4 is 4.74 Å². The molecule has 6 nitrogen and oxygen atoms in total. The van der Waals surface area contributed by atoms with E-state index in [1.54, 1.807) is 6.20 Å². The Morgan fingerprint density at radius 3 is 2.88 bits per heavy atom. The highest BCUT2D eigenvalue weighted by Crippen LogP contribution is 2.21. The van der Waals surface area contributed by atoms with Crippen LogP contribution in [0.1, 0.15) is 25.1 Å². The fourth-order valence-corrected chi connectivity index (χ4v) is 3.37. The molecule has 25 heavy (non-hydrogen) atoms. The molecule has 1 aliphatic rings. The first-order valence-corrected chi connectivity index (χ1v) is 8.88. The van der Waals surface area contributed by atoms with Gasteiger partial charge in [-0.05, 0) is 26.0 Å². The molecule has 0 bridgehead atoms. The molecule has 1 aromatic heterocycles. The Morgan fingerprint density at radius 2 is 2.16 bits per heavy atom. The second kappa shape index (κ2) is 8.16. The van der Waals surface area contributed by atoms with Gasteiger partial charge in [-0.3, -0.25) is 14.8 Å². The van der Waals surface area contributed by atoms with Crippen LogP contribution in [0.3, 0.4) is 0 Å². The summed E-state index contributed by atoms with van der Waals surface area (Å²) in [6.07, 6.45) is 2.07. The maximum Gasteiger partial charge on any atom is 0.228 e. The molecule has 1 atom stereocenters. The number of para-hydroxylation sites is 1. The lowest BCUT2D eigenvalue weighted by Crippen LogP contribution is -2.54. The number of ether oxygens (including phenoxy) is 1. The second-order valence-corrected chi connectivity index (χ2v) is 6.47. The molecule has 0 aliphatic carbocycles. The van der Waals surface area contributed by atoms with Crippen LogP contribution >= 0.6 is 0 Å². The van der Waals surface area contributed by atoms with Crippen molar-refractivity contribution in [3.63, 3.8) is 0 Å². The van der Waals surface area contributed by atoms with Gasteiger partial charge in [0.25, 0.3) is 0 Å². The molecular formula is C19H26N4O2. The number of amides is 1. The largest absolute Gasteiger partial charge is 0.494 e. The number of carbonyl (C=O) groups is 1. The lowest BCUT2D eigenvalue weighted by atomic mass is 10.1. The quantitative estimate of drug-likeness (QED) is 0.873. The van der Waals surface area contributed by atoms with E-state index in [-0.39, 0.29) is 11.9 Å².